The zero-order chi connectivity index (χ0) is 16.6. The maximum atomic E-state index is 5.86. The largest absolute Gasteiger partial charge is 0.345 e. The molecule has 118 valence electrons. The first-order chi connectivity index (χ1) is 11.0. The first kappa shape index (κ1) is 16.1. The molecule has 4 aromatic rings. The minimum atomic E-state index is 0.534. The summed E-state index contributed by atoms with van der Waals surface area (Å²) in [6.07, 6.45) is 1.61. The number of nitrogens with zero attached hydrogens (tertiary/aromatic N) is 3. The third-order valence-electron chi connectivity index (χ3n) is 3.53. The zero-order valence-corrected chi connectivity index (χ0v) is 14.7. The van der Waals surface area contributed by atoms with Gasteiger partial charge in [-0.2, -0.15) is 0 Å². The second-order valence-corrected chi connectivity index (χ2v) is 6.29. The second-order valence-electron chi connectivity index (χ2n) is 5.04. The third kappa shape index (κ3) is 3.29. The van der Waals surface area contributed by atoms with Gasteiger partial charge in [-0.1, -0.05) is 34.8 Å². The van der Waals surface area contributed by atoms with Gasteiger partial charge >= 0.3 is 0 Å². The molecule has 0 aliphatic heterocycles. The van der Waals surface area contributed by atoms with E-state index in [-0.39, 0.29) is 0 Å². The van der Waals surface area contributed by atoms with Gasteiger partial charge in [-0.3, -0.25) is 0 Å². The molecule has 23 heavy (non-hydrogen) atoms. The van der Waals surface area contributed by atoms with Gasteiger partial charge in [0, 0.05) is 12.1 Å². The minimum absolute atomic E-state index is 0.534. The lowest BCUT2D eigenvalue weighted by atomic mass is 10.3. The Morgan fingerprint density at radius 2 is 1.74 bits per heavy atom. The van der Waals surface area contributed by atoms with Gasteiger partial charge in [0.1, 0.15) is 5.82 Å². The lowest BCUT2D eigenvalue weighted by Crippen LogP contribution is -1.89. The monoisotopic (exact) mass is 366 g/mol. The van der Waals surface area contributed by atoms with E-state index in [4.69, 9.17) is 34.8 Å². The van der Waals surface area contributed by atoms with Crippen LogP contribution in [0, 0.1) is 6.92 Å². The van der Waals surface area contributed by atoms with Crippen LogP contribution in [0.4, 0.5) is 0 Å². The van der Waals surface area contributed by atoms with Gasteiger partial charge in [0.15, 0.2) is 0 Å². The summed E-state index contributed by atoms with van der Waals surface area (Å²) in [6, 6.07) is 9.21. The van der Waals surface area contributed by atoms with Gasteiger partial charge in [0.2, 0.25) is 0 Å². The van der Waals surface area contributed by atoms with Crippen molar-refractivity contribution >= 4 is 56.9 Å². The molecule has 0 radical (unpaired) electrons. The molecule has 4 rings (SSSR count). The fourth-order valence-corrected chi connectivity index (χ4v) is 2.70. The van der Waals surface area contributed by atoms with Gasteiger partial charge in [-0.15, -0.1) is 0 Å². The number of imidazole rings is 2. The van der Waals surface area contributed by atoms with Crippen molar-refractivity contribution in [2.45, 2.75) is 6.92 Å². The van der Waals surface area contributed by atoms with E-state index in [9.17, 15) is 0 Å². The number of hydrogen-bond acceptors (Lipinski definition) is 2. The summed E-state index contributed by atoms with van der Waals surface area (Å²) in [5.74, 6) is 1.01. The highest BCUT2D eigenvalue weighted by Gasteiger charge is 2.03. The van der Waals surface area contributed by atoms with Crippen molar-refractivity contribution in [3.8, 4) is 0 Å². The summed E-state index contributed by atoms with van der Waals surface area (Å²) in [7, 11) is 1.99. The topological polar surface area (TPSA) is 46.5 Å². The maximum Gasteiger partial charge on any atom is 0.106 e. The molecule has 0 saturated carbocycles. The molecule has 2 aromatic heterocycles. The number of aromatic nitrogens is 4. The maximum absolute atomic E-state index is 5.86. The molecule has 0 saturated heterocycles. The average Bonchev–Trinajstić information content (AvgIpc) is 3.06. The average molecular weight is 368 g/mol. The molecule has 2 aromatic carbocycles. The molecule has 0 atom stereocenters. The Morgan fingerprint density at radius 3 is 2.52 bits per heavy atom. The summed E-state index contributed by atoms with van der Waals surface area (Å²) < 4.78 is 2.03. The molecule has 2 heterocycles. The highest BCUT2D eigenvalue weighted by atomic mass is 35.5. The standard InChI is InChI=1S/C9H9ClN2.C7H4Cl2N2/c1-6-11-8-4-3-7(10)5-9(8)12(6)2;8-4-1-6-7(2-5(4)9)11-3-10-6/h3-5H,1-2H3;1-3H,(H,10,11). The van der Waals surface area contributed by atoms with Crippen LogP contribution in [0.25, 0.3) is 22.1 Å². The van der Waals surface area contributed by atoms with Gasteiger partial charge in [-0.25, -0.2) is 9.97 Å². The number of aromatic amines is 1. The smallest absolute Gasteiger partial charge is 0.106 e. The summed E-state index contributed by atoms with van der Waals surface area (Å²) in [6.45, 7) is 1.98. The third-order valence-corrected chi connectivity index (χ3v) is 4.49. The van der Waals surface area contributed by atoms with E-state index in [0.29, 0.717) is 10.0 Å². The Kier molecular flexibility index (Phi) is 4.48. The molecular weight excluding hydrogens is 355 g/mol. The predicted molar refractivity (Wildman–Crippen MR) is 96.6 cm³/mol. The van der Waals surface area contributed by atoms with Crippen LogP contribution in [-0.2, 0) is 7.05 Å². The zero-order valence-electron chi connectivity index (χ0n) is 12.4. The van der Waals surface area contributed by atoms with Crippen LogP contribution in [0.3, 0.4) is 0 Å². The normalized spacial score (nSPS) is 10.8. The van der Waals surface area contributed by atoms with Crippen molar-refractivity contribution in [2.24, 2.45) is 7.05 Å². The Labute approximate surface area is 148 Å². The molecule has 0 aliphatic carbocycles. The van der Waals surface area contributed by atoms with Gasteiger partial charge in [0.05, 0.1) is 38.4 Å². The number of hydrogen-bond donors (Lipinski definition) is 1. The summed E-state index contributed by atoms with van der Waals surface area (Å²) in [5.41, 5.74) is 3.82. The molecule has 0 unspecified atom stereocenters. The number of fused-ring (bicyclic) bond motifs is 2. The van der Waals surface area contributed by atoms with Gasteiger partial charge in [-0.05, 0) is 37.3 Å². The Bertz CT molecular complexity index is 952. The molecule has 1 N–H and O–H groups in total. The Morgan fingerprint density at radius 1 is 1.00 bits per heavy atom. The van der Waals surface area contributed by atoms with E-state index in [1.165, 1.54) is 0 Å². The van der Waals surface area contributed by atoms with Crippen molar-refractivity contribution in [2.75, 3.05) is 0 Å². The van der Waals surface area contributed by atoms with Crippen LogP contribution in [0.1, 0.15) is 5.82 Å². The van der Waals surface area contributed by atoms with Crippen molar-refractivity contribution in [3.63, 3.8) is 0 Å². The van der Waals surface area contributed by atoms with Crippen LogP contribution >= 0.6 is 34.8 Å². The highest BCUT2D eigenvalue weighted by molar-refractivity contribution is 6.42. The molecule has 7 heteroatoms. The number of halogens is 3. The SMILES string of the molecule is Cc1nc2ccc(Cl)cc2n1C.Clc1cc2nc[nH]c2cc1Cl. The predicted octanol–water partition coefficient (Wildman–Crippen LogP) is 5.40. The molecule has 0 fully saturated rings. The number of benzene rings is 2. The van der Waals surface area contributed by atoms with E-state index < -0.39 is 0 Å². The number of nitrogens with one attached hydrogen (secondary N) is 1. The highest BCUT2D eigenvalue weighted by Crippen LogP contribution is 2.25. The first-order valence-corrected chi connectivity index (χ1v) is 7.96. The fraction of sp³-hybridized carbons (Fsp3) is 0.125. The first-order valence-electron chi connectivity index (χ1n) is 6.82. The van der Waals surface area contributed by atoms with Crippen LogP contribution < -0.4 is 0 Å². The van der Waals surface area contributed by atoms with Crippen molar-refractivity contribution in [3.05, 3.63) is 57.6 Å². The number of rotatable bonds is 0. The van der Waals surface area contributed by atoms with E-state index in [1.54, 1.807) is 18.5 Å². The van der Waals surface area contributed by atoms with Crippen molar-refractivity contribution in [1.29, 1.82) is 0 Å². The summed E-state index contributed by atoms with van der Waals surface area (Å²) >= 11 is 17.4. The minimum Gasteiger partial charge on any atom is -0.345 e. The van der Waals surface area contributed by atoms with Crippen molar-refractivity contribution < 1.29 is 0 Å². The van der Waals surface area contributed by atoms with Crippen LogP contribution in [0.5, 0.6) is 0 Å². The van der Waals surface area contributed by atoms with E-state index in [0.717, 1.165) is 32.9 Å². The molecule has 0 amide bonds. The van der Waals surface area contributed by atoms with Gasteiger partial charge in [0.25, 0.3) is 0 Å². The molecule has 0 spiro atoms. The summed E-state index contributed by atoms with van der Waals surface area (Å²) in [4.78, 5) is 11.3. The number of H-pyrrole nitrogens is 1. The lowest BCUT2D eigenvalue weighted by Gasteiger charge is -1.95. The van der Waals surface area contributed by atoms with Crippen LogP contribution in [0.15, 0.2) is 36.7 Å². The second kappa shape index (κ2) is 6.40. The Hall–Kier alpha value is -1.75. The molecular formula is C16H13Cl3N4. The fourth-order valence-electron chi connectivity index (χ4n) is 2.21. The van der Waals surface area contributed by atoms with Gasteiger partial charge < -0.3 is 9.55 Å². The molecule has 4 nitrogen and oxygen atoms in total. The molecule has 0 aliphatic rings. The quantitative estimate of drug-likeness (QED) is 0.452. The van der Waals surface area contributed by atoms with E-state index >= 15 is 0 Å². The van der Waals surface area contributed by atoms with Crippen molar-refractivity contribution in [1.82, 2.24) is 19.5 Å². The van der Waals surface area contributed by atoms with E-state index in [1.807, 2.05) is 36.7 Å². The van der Waals surface area contributed by atoms with Crippen LogP contribution in [-0.4, -0.2) is 19.5 Å². The summed E-state index contributed by atoms with van der Waals surface area (Å²) in [5, 5.41) is 1.83. The van der Waals surface area contributed by atoms with E-state index in [2.05, 4.69) is 15.0 Å². The van der Waals surface area contributed by atoms with Crippen LogP contribution in [0.2, 0.25) is 15.1 Å². The molecule has 0 bridgehead atoms. The Balaban J connectivity index is 0.000000136. The number of aryl methyl sites for hydroxylation is 2. The lowest BCUT2D eigenvalue weighted by molar-refractivity contribution is 0.886.